The molecule has 10 heteroatoms. The fourth-order valence-corrected chi connectivity index (χ4v) is 5.03. The highest BCUT2D eigenvalue weighted by Gasteiger charge is 2.26. The number of aryl methyl sites for hydroxylation is 1. The molecule has 0 spiro atoms. The zero-order valence-electron chi connectivity index (χ0n) is 18.2. The molecule has 0 unspecified atom stereocenters. The maximum atomic E-state index is 13.2. The molecule has 32 heavy (non-hydrogen) atoms. The highest BCUT2D eigenvalue weighted by atomic mass is 35.5. The number of aromatic nitrogens is 1. The lowest BCUT2D eigenvalue weighted by atomic mass is 10.1. The van der Waals surface area contributed by atoms with Gasteiger partial charge in [0.2, 0.25) is 10.0 Å². The SMILES string of the molecule is CCN(CC)S(=O)(=O)c1ccc(OC)c(NC(=O)c2c(-c3ccccc3Cl)noc2C)c1. The molecule has 1 amide bonds. The van der Waals surface area contributed by atoms with Crippen molar-refractivity contribution in [3.05, 3.63) is 58.8 Å². The van der Waals surface area contributed by atoms with Gasteiger partial charge in [-0.3, -0.25) is 4.79 Å². The molecule has 0 saturated carbocycles. The van der Waals surface area contributed by atoms with Crippen LogP contribution in [0.5, 0.6) is 5.75 Å². The zero-order valence-corrected chi connectivity index (χ0v) is 19.7. The van der Waals surface area contributed by atoms with Crippen LogP contribution in [0.1, 0.15) is 30.0 Å². The summed E-state index contributed by atoms with van der Waals surface area (Å²) in [5.74, 6) is 0.0721. The predicted octanol–water partition coefficient (Wildman–Crippen LogP) is 4.59. The van der Waals surface area contributed by atoms with E-state index >= 15 is 0 Å². The Labute approximate surface area is 192 Å². The van der Waals surface area contributed by atoms with Gasteiger partial charge < -0.3 is 14.6 Å². The van der Waals surface area contributed by atoms with Crippen molar-refractivity contribution in [3.63, 3.8) is 0 Å². The maximum Gasteiger partial charge on any atom is 0.261 e. The summed E-state index contributed by atoms with van der Waals surface area (Å²) in [4.78, 5) is 13.3. The molecule has 1 aromatic heterocycles. The summed E-state index contributed by atoms with van der Waals surface area (Å²) in [6.07, 6.45) is 0. The minimum Gasteiger partial charge on any atom is -0.495 e. The lowest BCUT2D eigenvalue weighted by molar-refractivity contribution is 0.102. The molecule has 0 saturated heterocycles. The number of carbonyl (C=O) groups is 1. The van der Waals surface area contributed by atoms with Gasteiger partial charge in [0.05, 0.1) is 22.7 Å². The first-order valence-corrected chi connectivity index (χ1v) is 11.8. The van der Waals surface area contributed by atoms with E-state index in [0.29, 0.717) is 35.2 Å². The van der Waals surface area contributed by atoms with Crippen molar-refractivity contribution in [2.24, 2.45) is 0 Å². The zero-order chi connectivity index (χ0) is 23.5. The van der Waals surface area contributed by atoms with Crippen molar-refractivity contribution in [2.75, 3.05) is 25.5 Å². The minimum absolute atomic E-state index is 0.0469. The highest BCUT2D eigenvalue weighted by molar-refractivity contribution is 7.89. The lowest BCUT2D eigenvalue weighted by Crippen LogP contribution is -2.30. The number of nitrogens with zero attached hydrogens (tertiary/aromatic N) is 2. The Hall–Kier alpha value is -2.88. The number of benzene rings is 2. The Morgan fingerprint density at radius 1 is 1.19 bits per heavy atom. The van der Waals surface area contributed by atoms with Crippen LogP contribution in [0.4, 0.5) is 5.69 Å². The van der Waals surface area contributed by atoms with Crippen LogP contribution < -0.4 is 10.1 Å². The first kappa shape index (κ1) is 23.8. The molecule has 3 rings (SSSR count). The number of amides is 1. The number of nitrogens with one attached hydrogen (secondary N) is 1. The number of hydrogen-bond acceptors (Lipinski definition) is 6. The van der Waals surface area contributed by atoms with E-state index in [-0.39, 0.29) is 21.8 Å². The molecule has 0 aliphatic heterocycles. The number of hydrogen-bond donors (Lipinski definition) is 1. The van der Waals surface area contributed by atoms with Crippen LogP contribution >= 0.6 is 11.6 Å². The number of methoxy groups -OCH3 is 1. The Kier molecular flexibility index (Phi) is 7.22. The third kappa shape index (κ3) is 4.50. The van der Waals surface area contributed by atoms with Crippen molar-refractivity contribution in [2.45, 2.75) is 25.7 Å². The van der Waals surface area contributed by atoms with Gasteiger partial charge in [-0.25, -0.2) is 8.42 Å². The second-order valence-corrected chi connectivity index (χ2v) is 9.19. The molecule has 0 bridgehead atoms. The summed E-state index contributed by atoms with van der Waals surface area (Å²) < 4.78 is 37.8. The van der Waals surface area contributed by atoms with Gasteiger partial charge in [-0.1, -0.05) is 48.8 Å². The van der Waals surface area contributed by atoms with Gasteiger partial charge in [0.15, 0.2) is 0 Å². The second kappa shape index (κ2) is 9.72. The van der Waals surface area contributed by atoms with Crippen molar-refractivity contribution in [1.29, 1.82) is 0 Å². The van der Waals surface area contributed by atoms with Crippen molar-refractivity contribution < 1.29 is 22.5 Å². The monoisotopic (exact) mass is 477 g/mol. The van der Waals surface area contributed by atoms with Crippen molar-refractivity contribution in [1.82, 2.24) is 9.46 Å². The van der Waals surface area contributed by atoms with E-state index < -0.39 is 15.9 Å². The molecular formula is C22H24ClN3O5S. The molecule has 1 N–H and O–H groups in total. The van der Waals surface area contributed by atoms with Crippen LogP contribution in [0.25, 0.3) is 11.3 Å². The molecule has 0 radical (unpaired) electrons. The van der Waals surface area contributed by atoms with Gasteiger partial charge >= 0.3 is 0 Å². The standard InChI is InChI=1S/C22H24ClN3O5S/c1-5-26(6-2)32(28,29)15-11-12-19(30-4)18(13-15)24-22(27)20-14(3)31-25-21(20)16-9-7-8-10-17(16)23/h7-13H,5-6H2,1-4H3,(H,24,27). The average molecular weight is 478 g/mol. The van der Waals surface area contributed by atoms with Gasteiger partial charge in [0.25, 0.3) is 5.91 Å². The normalized spacial score (nSPS) is 11.6. The van der Waals surface area contributed by atoms with Crippen LogP contribution in [0, 0.1) is 6.92 Å². The average Bonchev–Trinajstić information content (AvgIpc) is 3.16. The van der Waals surface area contributed by atoms with Gasteiger partial charge in [0, 0.05) is 18.7 Å². The van der Waals surface area contributed by atoms with Crippen LogP contribution in [0.15, 0.2) is 51.9 Å². The van der Waals surface area contributed by atoms with E-state index in [1.54, 1.807) is 45.0 Å². The van der Waals surface area contributed by atoms with Crippen molar-refractivity contribution >= 4 is 33.2 Å². The number of ether oxygens (including phenoxy) is 1. The van der Waals surface area contributed by atoms with Crippen LogP contribution in [0.2, 0.25) is 5.02 Å². The highest BCUT2D eigenvalue weighted by Crippen LogP contribution is 2.33. The number of halogens is 1. The van der Waals surface area contributed by atoms with Crippen LogP contribution in [-0.4, -0.2) is 44.0 Å². The fourth-order valence-electron chi connectivity index (χ4n) is 3.32. The Balaban J connectivity index is 2.02. The van der Waals surface area contributed by atoms with Gasteiger partial charge in [0.1, 0.15) is 22.8 Å². The molecule has 2 aromatic carbocycles. The first-order chi connectivity index (χ1) is 15.2. The third-order valence-electron chi connectivity index (χ3n) is 4.98. The third-order valence-corrected chi connectivity index (χ3v) is 7.36. The molecule has 0 atom stereocenters. The Bertz CT molecular complexity index is 1240. The van der Waals surface area contributed by atoms with E-state index in [4.69, 9.17) is 20.9 Å². The second-order valence-electron chi connectivity index (χ2n) is 6.85. The summed E-state index contributed by atoms with van der Waals surface area (Å²) in [7, 11) is -2.29. The quantitative estimate of drug-likeness (QED) is 0.509. The topological polar surface area (TPSA) is 102 Å². The smallest absolute Gasteiger partial charge is 0.261 e. The number of carbonyl (C=O) groups excluding carboxylic acids is 1. The Morgan fingerprint density at radius 2 is 1.88 bits per heavy atom. The maximum absolute atomic E-state index is 13.2. The molecule has 8 nitrogen and oxygen atoms in total. The summed E-state index contributed by atoms with van der Waals surface area (Å²) >= 11 is 6.28. The molecule has 170 valence electrons. The fraction of sp³-hybridized carbons (Fsp3) is 0.273. The number of rotatable bonds is 8. The van der Waals surface area contributed by atoms with E-state index in [1.165, 1.54) is 29.6 Å². The summed E-state index contributed by atoms with van der Waals surface area (Å²) in [6, 6.07) is 11.3. The molecule has 1 heterocycles. The van der Waals surface area contributed by atoms with Crippen molar-refractivity contribution in [3.8, 4) is 17.0 Å². The van der Waals surface area contributed by atoms with Crippen LogP contribution in [-0.2, 0) is 10.0 Å². The van der Waals surface area contributed by atoms with Crippen LogP contribution in [0.3, 0.4) is 0 Å². The van der Waals surface area contributed by atoms with E-state index in [9.17, 15) is 13.2 Å². The van der Waals surface area contributed by atoms with E-state index in [2.05, 4.69) is 10.5 Å². The lowest BCUT2D eigenvalue weighted by Gasteiger charge is -2.19. The van der Waals surface area contributed by atoms with Gasteiger partial charge in [-0.2, -0.15) is 4.31 Å². The predicted molar refractivity (Wildman–Crippen MR) is 123 cm³/mol. The van der Waals surface area contributed by atoms with Gasteiger partial charge in [-0.05, 0) is 31.2 Å². The molecule has 0 fully saturated rings. The van der Waals surface area contributed by atoms with Gasteiger partial charge in [-0.15, -0.1) is 0 Å². The Morgan fingerprint density at radius 3 is 2.50 bits per heavy atom. The van der Waals surface area contributed by atoms with E-state index in [0.717, 1.165) is 0 Å². The van der Waals surface area contributed by atoms with E-state index in [1.807, 2.05) is 0 Å². The summed E-state index contributed by atoms with van der Waals surface area (Å²) in [5.41, 5.74) is 1.23. The molecule has 0 aliphatic carbocycles. The number of sulfonamides is 1. The largest absolute Gasteiger partial charge is 0.495 e. The summed E-state index contributed by atoms with van der Waals surface area (Å²) in [6.45, 7) is 5.79. The molecule has 0 aliphatic rings. The summed E-state index contributed by atoms with van der Waals surface area (Å²) in [5, 5.41) is 7.15. The molecular weight excluding hydrogens is 454 g/mol. The first-order valence-electron chi connectivity index (χ1n) is 9.95. The number of anilines is 1. The molecule has 3 aromatic rings. The minimum atomic E-state index is -3.73.